The average Bonchev–Trinajstić information content (AvgIpc) is 2.13. The Kier molecular flexibility index (Phi) is 6.99. The van der Waals surface area contributed by atoms with Crippen molar-refractivity contribution in [3.8, 4) is 0 Å². The van der Waals surface area contributed by atoms with E-state index in [0.717, 1.165) is 12.2 Å². The minimum Gasteiger partial charge on any atom is -0.467 e. The van der Waals surface area contributed by atoms with Crippen LogP contribution in [0.3, 0.4) is 0 Å². The fourth-order valence-electron chi connectivity index (χ4n) is 0.744. The lowest BCUT2D eigenvalue weighted by Gasteiger charge is -2.12. The normalized spacial score (nSPS) is 11.9. The van der Waals surface area contributed by atoms with Crippen molar-refractivity contribution in [2.75, 3.05) is 19.1 Å². The summed E-state index contributed by atoms with van der Waals surface area (Å²) in [5.41, 5.74) is 0. The van der Waals surface area contributed by atoms with Gasteiger partial charge >= 0.3 is 5.97 Å². The molecule has 0 fully saturated rings. The van der Waals surface area contributed by atoms with Crippen LogP contribution in [0.5, 0.6) is 0 Å². The van der Waals surface area contributed by atoms with E-state index >= 15 is 0 Å². The number of hydrogen-bond acceptors (Lipinski definition) is 4. The van der Waals surface area contributed by atoms with Crippen molar-refractivity contribution in [2.24, 2.45) is 0 Å². The van der Waals surface area contributed by atoms with Crippen molar-refractivity contribution in [3.05, 3.63) is 0 Å². The van der Waals surface area contributed by atoms with E-state index in [9.17, 15) is 4.79 Å². The predicted octanol–water partition coefficient (Wildman–Crippen LogP) is 1.22. The first-order valence-corrected chi connectivity index (χ1v) is 5.78. The summed E-state index contributed by atoms with van der Waals surface area (Å²) in [4.78, 5) is 11.7. The highest BCUT2D eigenvalue weighted by Crippen LogP contribution is 1.97. The third-order valence-corrected chi connectivity index (χ3v) is 2.40. The molecule has 0 aliphatic carbocycles. The van der Waals surface area contributed by atoms with Crippen molar-refractivity contribution < 1.29 is 9.53 Å². The molecule has 0 bridgehead atoms. The van der Waals surface area contributed by atoms with Crippen LogP contribution in [0.2, 0.25) is 0 Å². The molecule has 0 heterocycles. The monoisotopic (exact) mass is 221 g/mol. The number of thioether (sulfide) groups is 1. The number of nitrogens with one attached hydrogen (secondary N) is 1. The van der Waals surface area contributed by atoms with Crippen molar-refractivity contribution in [1.82, 2.24) is 5.32 Å². The molecule has 0 aliphatic rings. The second-order valence-electron chi connectivity index (χ2n) is 2.56. The molecule has 5 heteroatoms. The van der Waals surface area contributed by atoms with Crippen molar-refractivity contribution in [1.29, 1.82) is 0 Å². The van der Waals surface area contributed by atoms with Gasteiger partial charge in [0.1, 0.15) is 6.04 Å². The fourth-order valence-corrected chi connectivity index (χ4v) is 1.56. The minimum atomic E-state index is -0.348. The quantitative estimate of drug-likeness (QED) is 0.558. The zero-order chi connectivity index (χ0) is 10.3. The van der Waals surface area contributed by atoms with E-state index in [2.05, 4.69) is 10.1 Å². The van der Waals surface area contributed by atoms with Gasteiger partial charge in [-0.2, -0.15) is 11.8 Å². The van der Waals surface area contributed by atoms with Gasteiger partial charge in [0.2, 0.25) is 0 Å². The van der Waals surface area contributed by atoms with Crippen molar-refractivity contribution in [2.45, 2.75) is 19.4 Å². The molecule has 0 saturated carbocycles. The lowest BCUT2D eigenvalue weighted by atomic mass is 10.3. The van der Waals surface area contributed by atoms with Crippen LogP contribution < -0.4 is 5.32 Å². The van der Waals surface area contributed by atoms with Crippen LogP contribution in [0.25, 0.3) is 0 Å². The van der Waals surface area contributed by atoms with E-state index < -0.39 is 0 Å². The second-order valence-corrected chi connectivity index (χ2v) is 4.03. The van der Waals surface area contributed by atoms with Crippen molar-refractivity contribution >= 4 is 34.9 Å². The molecule has 0 aliphatic heterocycles. The molecule has 3 nitrogen and oxygen atoms in total. The van der Waals surface area contributed by atoms with E-state index in [4.69, 9.17) is 12.2 Å². The van der Waals surface area contributed by atoms with Crippen molar-refractivity contribution in [3.63, 3.8) is 0 Å². The summed E-state index contributed by atoms with van der Waals surface area (Å²) in [6.45, 7) is 1.73. The maximum absolute atomic E-state index is 11.0. The number of hydrogen-bond donors (Lipinski definition) is 1. The lowest BCUT2D eigenvalue weighted by Crippen LogP contribution is -2.38. The highest BCUT2D eigenvalue weighted by Gasteiger charge is 2.12. The summed E-state index contributed by atoms with van der Waals surface area (Å²) in [5.74, 6) is 0.686. The van der Waals surface area contributed by atoms with Crippen LogP contribution in [0.15, 0.2) is 0 Å². The Morgan fingerprint density at radius 2 is 2.31 bits per heavy atom. The van der Waals surface area contributed by atoms with E-state index in [0.29, 0.717) is 4.99 Å². The summed E-state index contributed by atoms with van der Waals surface area (Å²) in [7, 11) is 1.37. The van der Waals surface area contributed by atoms with E-state index in [1.807, 2.05) is 6.26 Å². The molecule has 1 N–H and O–H groups in total. The van der Waals surface area contributed by atoms with Gasteiger partial charge in [-0.1, -0.05) is 12.2 Å². The Bertz CT molecular complexity index is 185. The first-order chi connectivity index (χ1) is 6.11. The largest absolute Gasteiger partial charge is 0.467 e. The standard InChI is InChI=1S/C8H15NO2S2/c1-6(8(10)11-2)9-7(12)4-5-13-3/h6H,4-5H2,1-3H3,(H,9,12)/t6-/m0/s1. The molecule has 0 unspecified atom stereocenters. The smallest absolute Gasteiger partial charge is 0.327 e. The molecule has 0 aromatic rings. The molecular formula is C8H15NO2S2. The number of rotatable bonds is 5. The average molecular weight is 221 g/mol. The van der Waals surface area contributed by atoms with Crippen LogP contribution in [0.1, 0.15) is 13.3 Å². The van der Waals surface area contributed by atoms with Gasteiger partial charge in [0.05, 0.1) is 12.1 Å². The van der Waals surface area contributed by atoms with E-state index in [-0.39, 0.29) is 12.0 Å². The summed E-state index contributed by atoms with van der Waals surface area (Å²) in [6, 6.07) is -0.348. The SMILES string of the molecule is COC(=O)[C@H](C)NC(=S)CCSC. The third kappa shape index (κ3) is 5.87. The molecule has 0 saturated heterocycles. The summed E-state index contributed by atoms with van der Waals surface area (Å²) >= 11 is 6.76. The zero-order valence-electron chi connectivity index (χ0n) is 8.12. The van der Waals surface area contributed by atoms with E-state index in [1.165, 1.54) is 7.11 Å². The molecule has 0 aromatic carbocycles. The number of esters is 1. The number of thiocarbonyl (C=S) groups is 1. The second kappa shape index (κ2) is 7.15. The molecule has 13 heavy (non-hydrogen) atoms. The van der Waals surface area contributed by atoms with Gasteiger partial charge in [0.15, 0.2) is 0 Å². The summed E-state index contributed by atoms with van der Waals surface area (Å²) < 4.78 is 4.55. The van der Waals surface area contributed by atoms with Crippen LogP contribution in [-0.4, -0.2) is 36.1 Å². The van der Waals surface area contributed by atoms with E-state index in [1.54, 1.807) is 18.7 Å². The van der Waals surface area contributed by atoms with Gasteiger partial charge < -0.3 is 10.1 Å². The van der Waals surface area contributed by atoms with Crippen LogP contribution >= 0.6 is 24.0 Å². The Balaban J connectivity index is 3.71. The van der Waals surface area contributed by atoms with Gasteiger partial charge in [-0.05, 0) is 18.9 Å². The number of carbonyl (C=O) groups excluding carboxylic acids is 1. The molecule has 0 amide bonds. The summed E-state index contributed by atoms with van der Waals surface area (Å²) in [6.07, 6.45) is 2.82. The van der Waals surface area contributed by atoms with Crippen LogP contribution in [-0.2, 0) is 9.53 Å². The topological polar surface area (TPSA) is 38.3 Å². The van der Waals surface area contributed by atoms with Gasteiger partial charge in [0.25, 0.3) is 0 Å². The molecule has 1 atom stereocenters. The fraction of sp³-hybridized carbons (Fsp3) is 0.750. The Hall–Kier alpha value is -0.290. The van der Waals surface area contributed by atoms with Gasteiger partial charge in [-0.3, -0.25) is 0 Å². The number of ether oxygens (including phenoxy) is 1. The maximum atomic E-state index is 11.0. The highest BCUT2D eigenvalue weighted by atomic mass is 32.2. The predicted molar refractivity (Wildman–Crippen MR) is 60.2 cm³/mol. The molecular weight excluding hydrogens is 206 g/mol. The number of carbonyl (C=O) groups is 1. The highest BCUT2D eigenvalue weighted by molar-refractivity contribution is 7.98. The Morgan fingerprint density at radius 3 is 2.77 bits per heavy atom. The number of methoxy groups -OCH3 is 1. The molecule has 0 radical (unpaired) electrons. The van der Waals surface area contributed by atoms with Crippen LogP contribution in [0, 0.1) is 0 Å². The third-order valence-electron chi connectivity index (χ3n) is 1.47. The zero-order valence-corrected chi connectivity index (χ0v) is 9.76. The minimum absolute atomic E-state index is 0.286. The molecule has 0 spiro atoms. The molecule has 0 aromatic heterocycles. The first-order valence-electron chi connectivity index (χ1n) is 3.98. The Labute approximate surface area is 88.6 Å². The lowest BCUT2D eigenvalue weighted by molar-refractivity contribution is -0.142. The Morgan fingerprint density at radius 1 is 1.69 bits per heavy atom. The van der Waals surface area contributed by atoms with Gasteiger partial charge in [-0.25, -0.2) is 4.79 Å². The first kappa shape index (κ1) is 12.7. The van der Waals surface area contributed by atoms with Gasteiger partial charge in [-0.15, -0.1) is 0 Å². The van der Waals surface area contributed by atoms with Gasteiger partial charge in [0, 0.05) is 6.42 Å². The summed E-state index contributed by atoms with van der Waals surface area (Å²) in [5, 5.41) is 2.91. The molecule has 76 valence electrons. The maximum Gasteiger partial charge on any atom is 0.327 e. The molecule has 0 rings (SSSR count). The van der Waals surface area contributed by atoms with Crippen LogP contribution in [0.4, 0.5) is 0 Å².